The van der Waals surface area contributed by atoms with Crippen LogP contribution in [0.25, 0.3) is 0 Å². The second-order valence-electron chi connectivity index (χ2n) is 12.5. The molecule has 0 aromatic rings. The van der Waals surface area contributed by atoms with Gasteiger partial charge in [0.1, 0.15) is 0 Å². The second-order valence-corrected chi connectivity index (χ2v) is 13.4. The van der Waals surface area contributed by atoms with E-state index in [0.717, 1.165) is 29.6 Å². The smallest absolute Gasteiger partial charge is 0.0161 e. The van der Waals surface area contributed by atoms with Gasteiger partial charge in [0.25, 0.3) is 0 Å². The van der Waals surface area contributed by atoms with Gasteiger partial charge in [-0.05, 0) is 110 Å². The van der Waals surface area contributed by atoms with Crippen molar-refractivity contribution in [1.82, 2.24) is 0 Å². The lowest BCUT2D eigenvalue weighted by atomic mass is 9.36. The van der Waals surface area contributed by atoms with E-state index in [1.807, 2.05) is 0 Å². The van der Waals surface area contributed by atoms with E-state index in [-0.39, 0.29) is 0 Å². The minimum atomic E-state index is 0.337. The summed E-state index contributed by atoms with van der Waals surface area (Å²) in [6.07, 6.45) is 15.7. The molecule has 0 nitrogen and oxygen atoms in total. The van der Waals surface area contributed by atoms with Crippen molar-refractivity contribution in [2.45, 2.75) is 103 Å². The molecule has 0 heterocycles. The Hall–Kier alpha value is 0.0900. The van der Waals surface area contributed by atoms with E-state index in [0.29, 0.717) is 21.0 Å². The molecule has 5 aliphatic carbocycles. The zero-order valence-electron chi connectivity index (χ0n) is 18.3. The van der Waals surface area contributed by atoms with Gasteiger partial charge < -0.3 is 0 Å². The Morgan fingerprint density at radius 3 is 2.33 bits per heavy atom. The van der Waals surface area contributed by atoms with Crippen molar-refractivity contribution in [3.05, 3.63) is 12.2 Å². The Labute approximate surface area is 173 Å². The van der Waals surface area contributed by atoms with Crippen molar-refractivity contribution >= 4 is 12.6 Å². The second kappa shape index (κ2) is 5.83. The minimum Gasteiger partial charge on any atom is -0.172 e. The Kier molecular flexibility index (Phi) is 4.12. The molecule has 0 aromatic carbocycles. The van der Waals surface area contributed by atoms with Gasteiger partial charge in [0.05, 0.1) is 0 Å². The monoisotopic (exact) mass is 386 g/mol. The van der Waals surface area contributed by atoms with Gasteiger partial charge >= 0.3 is 0 Å². The summed E-state index contributed by atoms with van der Waals surface area (Å²) in [5.41, 5.74) is 2.99. The molecule has 1 heteroatoms. The topological polar surface area (TPSA) is 0 Å². The fourth-order valence-corrected chi connectivity index (χ4v) is 10.7. The van der Waals surface area contributed by atoms with E-state index >= 15 is 0 Å². The standard InChI is InChI=1S/C26H42S/c1-17-10-14-25(5)21(23(17,2)3)12-15-24(4)19-11-16-26(27)13-6-7-20(26)18(19)8-9-22(24)25/h18-22,27H,1,6-16H2,2-5H3/t18?,19?,20-,21?,22?,24?,25?,26?/m1/s1. The van der Waals surface area contributed by atoms with E-state index in [4.69, 9.17) is 12.6 Å². The van der Waals surface area contributed by atoms with Gasteiger partial charge in [0, 0.05) is 4.75 Å². The molecular weight excluding hydrogens is 344 g/mol. The molecule has 0 saturated heterocycles. The largest absolute Gasteiger partial charge is 0.172 e. The van der Waals surface area contributed by atoms with E-state index in [1.165, 1.54) is 76.2 Å². The predicted octanol–water partition coefficient (Wildman–Crippen LogP) is 7.69. The summed E-state index contributed by atoms with van der Waals surface area (Å²) in [6, 6.07) is 0. The average Bonchev–Trinajstić information content (AvgIpc) is 3.00. The number of hydrogen-bond acceptors (Lipinski definition) is 1. The molecule has 0 N–H and O–H groups in total. The van der Waals surface area contributed by atoms with Gasteiger partial charge in [0.15, 0.2) is 0 Å². The predicted molar refractivity (Wildman–Crippen MR) is 119 cm³/mol. The van der Waals surface area contributed by atoms with E-state index in [9.17, 15) is 0 Å². The van der Waals surface area contributed by atoms with Gasteiger partial charge in [-0.2, -0.15) is 12.6 Å². The highest BCUT2D eigenvalue weighted by Gasteiger charge is 2.65. The van der Waals surface area contributed by atoms with E-state index in [2.05, 4.69) is 34.3 Å². The highest BCUT2D eigenvalue weighted by molar-refractivity contribution is 7.81. The van der Waals surface area contributed by atoms with Crippen LogP contribution in [-0.4, -0.2) is 4.75 Å². The molecule has 0 aromatic heterocycles. The zero-order chi connectivity index (χ0) is 19.2. The molecule has 0 amide bonds. The van der Waals surface area contributed by atoms with Gasteiger partial charge in [0.2, 0.25) is 0 Å². The molecule has 0 bridgehead atoms. The zero-order valence-corrected chi connectivity index (χ0v) is 19.2. The van der Waals surface area contributed by atoms with Crippen LogP contribution in [0.1, 0.15) is 98.3 Å². The van der Waals surface area contributed by atoms with Crippen molar-refractivity contribution in [2.24, 2.45) is 45.8 Å². The molecule has 0 spiro atoms. The molecule has 5 aliphatic rings. The van der Waals surface area contributed by atoms with Crippen molar-refractivity contribution in [1.29, 1.82) is 0 Å². The fourth-order valence-electron chi connectivity index (χ4n) is 10.1. The number of hydrogen-bond donors (Lipinski definition) is 1. The fraction of sp³-hybridized carbons (Fsp3) is 0.923. The summed E-state index contributed by atoms with van der Waals surface area (Å²) < 4.78 is 0.399. The Morgan fingerprint density at radius 2 is 1.56 bits per heavy atom. The lowest BCUT2D eigenvalue weighted by molar-refractivity contribution is -0.177. The summed E-state index contributed by atoms with van der Waals surface area (Å²) in [5, 5.41) is 0. The molecular formula is C26H42S. The average molecular weight is 387 g/mol. The van der Waals surface area contributed by atoms with E-state index < -0.39 is 0 Å². The maximum atomic E-state index is 5.28. The highest BCUT2D eigenvalue weighted by Crippen LogP contribution is 2.72. The molecule has 5 saturated carbocycles. The summed E-state index contributed by atoms with van der Waals surface area (Å²) >= 11 is 5.28. The van der Waals surface area contributed by atoms with Crippen LogP contribution in [0.4, 0.5) is 0 Å². The lowest BCUT2D eigenvalue weighted by Crippen LogP contribution is -2.61. The van der Waals surface area contributed by atoms with Crippen LogP contribution < -0.4 is 0 Å². The van der Waals surface area contributed by atoms with Gasteiger partial charge in [-0.15, -0.1) is 0 Å². The first-order chi connectivity index (χ1) is 12.6. The minimum absolute atomic E-state index is 0.337. The number of thiol groups is 1. The summed E-state index contributed by atoms with van der Waals surface area (Å²) in [4.78, 5) is 0. The molecule has 8 atom stereocenters. The van der Waals surface area contributed by atoms with Crippen LogP contribution in [-0.2, 0) is 0 Å². The van der Waals surface area contributed by atoms with Crippen molar-refractivity contribution < 1.29 is 0 Å². The first kappa shape index (κ1) is 19.1. The van der Waals surface area contributed by atoms with Crippen LogP contribution in [0, 0.1) is 45.8 Å². The molecule has 27 heavy (non-hydrogen) atoms. The maximum Gasteiger partial charge on any atom is 0.0161 e. The third-order valence-corrected chi connectivity index (χ3v) is 12.3. The maximum absolute atomic E-state index is 5.28. The molecule has 0 aliphatic heterocycles. The Bertz CT molecular complexity index is 649. The third kappa shape index (κ3) is 2.36. The van der Waals surface area contributed by atoms with Crippen molar-refractivity contribution in [2.75, 3.05) is 0 Å². The lowest BCUT2D eigenvalue weighted by Gasteiger charge is -2.68. The van der Waals surface area contributed by atoms with E-state index in [1.54, 1.807) is 0 Å². The Balaban J connectivity index is 1.49. The quantitative estimate of drug-likeness (QED) is 0.320. The summed E-state index contributed by atoms with van der Waals surface area (Å²) in [6.45, 7) is 15.0. The number of allylic oxidation sites excluding steroid dienone is 1. The molecule has 5 fully saturated rings. The van der Waals surface area contributed by atoms with Crippen LogP contribution in [0.15, 0.2) is 12.2 Å². The van der Waals surface area contributed by atoms with Gasteiger partial charge in [-0.25, -0.2) is 0 Å². The summed E-state index contributed by atoms with van der Waals surface area (Å²) in [7, 11) is 0. The first-order valence-corrected chi connectivity index (χ1v) is 12.5. The van der Waals surface area contributed by atoms with Crippen LogP contribution >= 0.6 is 12.6 Å². The molecule has 152 valence electrons. The van der Waals surface area contributed by atoms with Crippen LogP contribution in [0.5, 0.6) is 0 Å². The number of fused-ring (bicyclic) bond motifs is 7. The SMILES string of the molecule is C=C1CCC2(C)C(CCC3(C)C4CCC5(S)CCC[C@@H]5C4CCC32)C1(C)C. The van der Waals surface area contributed by atoms with Crippen LogP contribution in [0.3, 0.4) is 0 Å². The van der Waals surface area contributed by atoms with Crippen molar-refractivity contribution in [3.8, 4) is 0 Å². The third-order valence-electron chi connectivity index (χ3n) is 11.5. The molecule has 7 unspecified atom stereocenters. The van der Waals surface area contributed by atoms with Gasteiger partial charge in [-0.1, -0.05) is 46.3 Å². The number of rotatable bonds is 0. The first-order valence-electron chi connectivity index (χ1n) is 12.0. The van der Waals surface area contributed by atoms with Gasteiger partial charge in [-0.3, -0.25) is 0 Å². The van der Waals surface area contributed by atoms with Crippen molar-refractivity contribution in [3.63, 3.8) is 0 Å². The Morgan fingerprint density at radius 1 is 0.778 bits per heavy atom. The summed E-state index contributed by atoms with van der Waals surface area (Å²) in [5.74, 6) is 4.66. The van der Waals surface area contributed by atoms with Crippen LogP contribution in [0.2, 0.25) is 0 Å². The molecule has 5 rings (SSSR count). The molecule has 0 radical (unpaired) electrons. The normalized spacial score (nSPS) is 56.6. The highest BCUT2D eigenvalue weighted by atomic mass is 32.1.